The summed E-state index contributed by atoms with van der Waals surface area (Å²) in [5.74, 6) is 1.37. The van der Waals surface area contributed by atoms with Crippen molar-refractivity contribution in [1.29, 1.82) is 0 Å². The second-order valence-corrected chi connectivity index (χ2v) is 8.72. The summed E-state index contributed by atoms with van der Waals surface area (Å²) in [5.41, 5.74) is 1.98. The Kier molecular flexibility index (Phi) is 5.44. The molecule has 3 nitrogen and oxygen atoms in total. The molecule has 4 heteroatoms. The highest BCUT2D eigenvalue weighted by Gasteiger charge is 2.29. The van der Waals surface area contributed by atoms with Crippen LogP contribution in [0.3, 0.4) is 0 Å². The van der Waals surface area contributed by atoms with Crippen LogP contribution in [0, 0.1) is 11.8 Å². The molecule has 128 valence electrons. The first-order valence-electron chi connectivity index (χ1n) is 8.86. The summed E-state index contributed by atoms with van der Waals surface area (Å²) in [7, 11) is 0. The zero-order valence-electron chi connectivity index (χ0n) is 15.1. The van der Waals surface area contributed by atoms with E-state index in [-0.39, 0.29) is 0 Å². The molecule has 1 atom stereocenters. The van der Waals surface area contributed by atoms with Crippen molar-refractivity contribution in [2.75, 3.05) is 13.1 Å². The fraction of sp³-hybridized carbons (Fsp3) is 0.500. The number of pyridine rings is 1. The van der Waals surface area contributed by atoms with Crippen molar-refractivity contribution in [2.24, 2.45) is 16.8 Å². The monoisotopic (exact) mass is 341 g/mol. The highest BCUT2D eigenvalue weighted by atomic mass is 32.2. The molecule has 0 aliphatic carbocycles. The molecule has 0 N–H and O–H groups in total. The Balaban J connectivity index is 1.85. The van der Waals surface area contributed by atoms with E-state index in [4.69, 9.17) is 4.99 Å². The van der Waals surface area contributed by atoms with E-state index in [0.717, 1.165) is 40.8 Å². The van der Waals surface area contributed by atoms with Crippen LogP contribution < -0.4 is 0 Å². The van der Waals surface area contributed by atoms with Crippen LogP contribution in [0.25, 0.3) is 10.9 Å². The number of thioether (sulfide) groups is 1. The van der Waals surface area contributed by atoms with Gasteiger partial charge in [0, 0.05) is 23.7 Å². The quantitative estimate of drug-likeness (QED) is 0.734. The minimum absolute atomic E-state index is 0.642. The van der Waals surface area contributed by atoms with E-state index >= 15 is 0 Å². The van der Waals surface area contributed by atoms with Crippen LogP contribution in [0.1, 0.15) is 34.1 Å². The van der Waals surface area contributed by atoms with E-state index < -0.39 is 0 Å². The maximum absolute atomic E-state index is 4.94. The van der Waals surface area contributed by atoms with Gasteiger partial charge in [0.05, 0.1) is 17.4 Å². The molecule has 0 amide bonds. The molecule has 0 saturated carbocycles. The fourth-order valence-corrected chi connectivity index (χ4v) is 4.64. The SMILES string of the molecule is CC(C)CC1CN(CC(C)C)C(=Nc2cnc3ccccc3c2)S1. The van der Waals surface area contributed by atoms with Crippen LogP contribution in [0.2, 0.25) is 0 Å². The maximum atomic E-state index is 4.94. The number of hydrogen-bond donors (Lipinski definition) is 0. The fourth-order valence-electron chi connectivity index (χ4n) is 3.15. The molecule has 1 aliphatic rings. The zero-order chi connectivity index (χ0) is 17.1. The lowest BCUT2D eigenvalue weighted by molar-refractivity contribution is 0.368. The number of aromatic nitrogens is 1. The Hall–Kier alpha value is -1.55. The van der Waals surface area contributed by atoms with Crippen molar-refractivity contribution < 1.29 is 0 Å². The van der Waals surface area contributed by atoms with E-state index in [1.54, 1.807) is 0 Å². The van der Waals surface area contributed by atoms with Gasteiger partial charge >= 0.3 is 0 Å². The first-order chi connectivity index (χ1) is 11.5. The van der Waals surface area contributed by atoms with E-state index in [1.807, 2.05) is 30.1 Å². The molecule has 0 bridgehead atoms. The summed E-state index contributed by atoms with van der Waals surface area (Å²) >= 11 is 1.94. The minimum atomic E-state index is 0.642. The molecule has 1 aromatic carbocycles. The number of aliphatic imine (C=N–C) groups is 1. The molecular formula is C20H27N3S. The van der Waals surface area contributed by atoms with Gasteiger partial charge in [0.2, 0.25) is 0 Å². The van der Waals surface area contributed by atoms with Gasteiger partial charge < -0.3 is 4.90 Å². The molecule has 1 unspecified atom stereocenters. The number of amidine groups is 1. The van der Waals surface area contributed by atoms with Gasteiger partial charge in [-0.25, -0.2) is 4.99 Å². The van der Waals surface area contributed by atoms with Crippen molar-refractivity contribution in [1.82, 2.24) is 9.88 Å². The van der Waals surface area contributed by atoms with Crippen molar-refractivity contribution >= 4 is 33.5 Å². The average molecular weight is 342 g/mol. The van der Waals surface area contributed by atoms with Gasteiger partial charge in [-0.3, -0.25) is 4.98 Å². The first-order valence-corrected chi connectivity index (χ1v) is 9.74. The largest absolute Gasteiger partial charge is 0.350 e. The van der Waals surface area contributed by atoms with Crippen molar-refractivity contribution in [3.63, 3.8) is 0 Å². The Bertz CT molecular complexity index is 724. The number of rotatable bonds is 5. The second kappa shape index (κ2) is 7.56. The third kappa shape index (κ3) is 4.29. The highest BCUT2D eigenvalue weighted by Crippen LogP contribution is 2.33. The average Bonchev–Trinajstić information content (AvgIpc) is 2.86. The van der Waals surface area contributed by atoms with Crippen LogP contribution in [0.15, 0.2) is 41.5 Å². The topological polar surface area (TPSA) is 28.5 Å². The van der Waals surface area contributed by atoms with Gasteiger partial charge in [-0.1, -0.05) is 57.7 Å². The lowest BCUT2D eigenvalue weighted by Gasteiger charge is -2.20. The first kappa shape index (κ1) is 17.3. The molecule has 2 aromatic rings. The van der Waals surface area contributed by atoms with Gasteiger partial charge in [0.1, 0.15) is 0 Å². The van der Waals surface area contributed by atoms with Crippen molar-refractivity contribution in [2.45, 2.75) is 39.4 Å². The Morgan fingerprint density at radius 2 is 2.00 bits per heavy atom. The van der Waals surface area contributed by atoms with E-state index in [2.05, 4.69) is 55.8 Å². The number of benzene rings is 1. The third-order valence-electron chi connectivity index (χ3n) is 4.09. The van der Waals surface area contributed by atoms with E-state index in [0.29, 0.717) is 11.2 Å². The highest BCUT2D eigenvalue weighted by molar-refractivity contribution is 8.14. The Morgan fingerprint density at radius 1 is 1.21 bits per heavy atom. The molecule has 2 heterocycles. The maximum Gasteiger partial charge on any atom is 0.164 e. The predicted molar refractivity (Wildman–Crippen MR) is 106 cm³/mol. The summed E-state index contributed by atoms with van der Waals surface area (Å²) in [6.45, 7) is 11.3. The molecule has 0 spiro atoms. The molecule has 1 fully saturated rings. The van der Waals surface area contributed by atoms with Crippen LogP contribution in [-0.4, -0.2) is 33.4 Å². The third-order valence-corrected chi connectivity index (χ3v) is 5.32. The van der Waals surface area contributed by atoms with Crippen LogP contribution >= 0.6 is 11.8 Å². The van der Waals surface area contributed by atoms with Crippen LogP contribution in [-0.2, 0) is 0 Å². The summed E-state index contributed by atoms with van der Waals surface area (Å²) in [4.78, 5) is 11.9. The number of nitrogens with zero attached hydrogens (tertiary/aromatic N) is 3. The standard InChI is InChI=1S/C20H27N3S/c1-14(2)9-18-13-23(12-15(3)4)20(24-18)22-17-10-16-7-5-6-8-19(16)21-11-17/h5-8,10-11,14-15,18H,9,12-13H2,1-4H3. The number of para-hydroxylation sites is 1. The molecule has 1 saturated heterocycles. The molecule has 3 rings (SSSR count). The Morgan fingerprint density at radius 3 is 2.75 bits per heavy atom. The van der Waals surface area contributed by atoms with Gasteiger partial charge in [0.15, 0.2) is 5.17 Å². The smallest absolute Gasteiger partial charge is 0.164 e. The van der Waals surface area contributed by atoms with Crippen molar-refractivity contribution in [3.8, 4) is 0 Å². The van der Waals surface area contributed by atoms with Gasteiger partial charge in [-0.15, -0.1) is 0 Å². The normalized spacial score (nSPS) is 20.0. The molecule has 1 aromatic heterocycles. The predicted octanol–water partition coefficient (Wildman–Crippen LogP) is 5.34. The van der Waals surface area contributed by atoms with Gasteiger partial charge in [0.25, 0.3) is 0 Å². The minimum Gasteiger partial charge on any atom is -0.350 e. The van der Waals surface area contributed by atoms with Crippen LogP contribution in [0.4, 0.5) is 5.69 Å². The van der Waals surface area contributed by atoms with Gasteiger partial charge in [-0.05, 0) is 30.4 Å². The van der Waals surface area contributed by atoms with Crippen molar-refractivity contribution in [3.05, 3.63) is 36.5 Å². The van der Waals surface area contributed by atoms with Gasteiger partial charge in [-0.2, -0.15) is 0 Å². The summed E-state index contributed by atoms with van der Waals surface area (Å²) in [6.07, 6.45) is 3.13. The van der Waals surface area contributed by atoms with E-state index in [1.165, 1.54) is 6.42 Å². The molecule has 0 radical (unpaired) electrons. The summed E-state index contributed by atoms with van der Waals surface area (Å²) < 4.78 is 0. The van der Waals surface area contributed by atoms with Crippen LogP contribution in [0.5, 0.6) is 0 Å². The summed E-state index contributed by atoms with van der Waals surface area (Å²) in [6, 6.07) is 10.4. The lowest BCUT2D eigenvalue weighted by atomic mass is 10.1. The molecular weight excluding hydrogens is 314 g/mol. The number of hydrogen-bond acceptors (Lipinski definition) is 3. The molecule has 1 aliphatic heterocycles. The zero-order valence-corrected chi connectivity index (χ0v) is 15.9. The lowest BCUT2D eigenvalue weighted by Crippen LogP contribution is -2.29. The molecule has 24 heavy (non-hydrogen) atoms. The Labute approximate surface area is 149 Å². The summed E-state index contributed by atoms with van der Waals surface area (Å²) in [5, 5.41) is 2.96. The second-order valence-electron chi connectivity index (χ2n) is 7.45. The number of fused-ring (bicyclic) bond motifs is 1. The van der Waals surface area contributed by atoms with E-state index in [9.17, 15) is 0 Å².